The summed E-state index contributed by atoms with van der Waals surface area (Å²) >= 11 is 0. The summed E-state index contributed by atoms with van der Waals surface area (Å²) in [5.41, 5.74) is 5.51. The van der Waals surface area contributed by atoms with Crippen molar-refractivity contribution < 1.29 is 4.74 Å². The van der Waals surface area contributed by atoms with Crippen LogP contribution in [0.3, 0.4) is 0 Å². The molecule has 0 aliphatic carbocycles. The fraction of sp³-hybridized carbons (Fsp3) is 0.750. The SMILES string of the molecule is CCn1c(CN)nnc1CCOC. The van der Waals surface area contributed by atoms with Gasteiger partial charge in [0.25, 0.3) is 0 Å². The van der Waals surface area contributed by atoms with Crippen LogP contribution in [0.5, 0.6) is 0 Å². The van der Waals surface area contributed by atoms with E-state index in [0.29, 0.717) is 13.2 Å². The molecule has 0 aromatic carbocycles. The van der Waals surface area contributed by atoms with Crippen molar-refractivity contribution in [3.8, 4) is 0 Å². The molecule has 0 fully saturated rings. The molecule has 0 saturated carbocycles. The Morgan fingerprint density at radius 1 is 1.38 bits per heavy atom. The number of methoxy groups -OCH3 is 1. The molecule has 2 N–H and O–H groups in total. The molecule has 1 rings (SSSR count). The van der Waals surface area contributed by atoms with Crippen LogP contribution in [0.1, 0.15) is 18.6 Å². The molecule has 0 aliphatic rings. The average molecular weight is 184 g/mol. The van der Waals surface area contributed by atoms with Gasteiger partial charge in [0.2, 0.25) is 0 Å². The average Bonchev–Trinajstić information content (AvgIpc) is 2.56. The van der Waals surface area contributed by atoms with Gasteiger partial charge in [0.05, 0.1) is 13.2 Å². The van der Waals surface area contributed by atoms with E-state index in [1.807, 2.05) is 4.57 Å². The minimum absolute atomic E-state index is 0.438. The Morgan fingerprint density at radius 2 is 2.08 bits per heavy atom. The van der Waals surface area contributed by atoms with Gasteiger partial charge >= 0.3 is 0 Å². The molecule has 0 saturated heterocycles. The van der Waals surface area contributed by atoms with Crippen molar-refractivity contribution in [1.29, 1.82) is 0 Å². The molecule has 0 bridgehead atoms. The topological polar surface area (TPSA) is 66.0 Å². The molecule has 1 aromatic heterocycles. The van der Waals surface area contributed by atoms with Gasteiger partial charge in [-0.3, -0.25) is 0 Å². The monoisotopic (exact) mass is 184 g/mol. The molecule has 0 radical (unpaired) electrons. The zero-order valence-corrected chi connectivity index (χ0v) is 8.16. The summed E-state index contributed by atoms with van der Waals surface area (Å²) < 4.78 is 7.00. The first kappa shape index (κ1) is 10.1. The van der Waals surface area contributed by atoms with Gasteiger partial charge in [0.1, 0.15) is 11.6 Å². The van der Waals surface area contributed by atoms with Crippen molar-refractivity contribution in [3.63, 3.8) is 0 Å². The van der Waals surface area contributed by atoms with Gasteiger partial charge in [-0.15, -0.1) is 10.2 Å². The van der Waals surface area contributed by atoms with Crippen molar-refractivity contribution in [2.75, 3.05) is 13.7 Å². The maximum Gasteiger partial charge on any atom is 0.146 e. The van der Waals surface area contributed by atoms with E-state index in [1.54, 1.807) is 7.11 Å². The van der Waals surface area contributed by atoms with Crippen molar-refractivity contribution in [3.05, 3.63) is 11.6 Å². The van der Waals surface area contributed by atoms with E-state index in [4.69, 9.17) is 10.5 Å². The number of hydrogen-bond acceptors (Lipinski definition) is 4. The van der Waals surface area contributed by atoms with Crippen molar-refractivity contribution in [1.82, 2.24) is 14.8 Å². The Bertz CT molecular complexity index is 259. The second-order valence-corrected chi connectivity index (χ2v) is 2.72. The number of aromatic nitrogens is 3. The number of nitrogens with zero attached hydrogens (tertiary/aromatic N) is 3. The third-order valence-electron chi connectivity index (χ3n) is 1.93. The summed E-state index contributed by atoms with van der Waals surface area (Å²) in [6.07, 6.45) is 0.789. The lowest BCUT2D eigenvalue weighted by Gasteiger charge is -2.05. The van der Waals surface area contributed by atoms with Crippen LogP contribution in [0.2, 0.25) is 0 Å². The largest absolute Gasteiger partial charge is 0.384 e. The van der Waals surface area contributed by atoms with Gasteiger partial charge in [-0.1, -0.05) is 0 Å². The molecule has 74 valence electrons. The van der Waals surface area contributed by atoms with E-state index < -0.39 is 0 Å². The van der Waals surface area contributed by atoms with E-state index in [9.17, 15) is 0 Å². The van der Waals surface area contributed by atoms with Crippen LogP contribution < -0.4 is 5.73 Å². The van der Waals surface area contributed by atoms with E-state index >= 15 is 0 Å². The van der Waals surface area contributed by atoms with Gasteiger partial charge in [-0.25, -0.2) is 0 Å². The van der Waals surface area contributed by atoms with E-state index in [1.165, 1.54) is 0 Å². The molecule has 5 heteroatoms. The molecule has 5 nitrogen and oxygen atoms in total. The predicted octanol–water partition coefficient (Wildman–Crippen LogP) is -0.0544. The van der Waals surface area contributed by atoms with Gasteiger partial charge in [0.15, 0.2) is 0 Å². The first-order valence-electron chi connectivity index (χ1n) is 4.43. The number of ether oxygens (including phenoxy) is 1. The molecule has 0 amide bonds. The molecule has 0 aliphatic heterocycles. The minimum Gasteiger partial charge on any atom is -0.384 e. The highest BCUT2D eigenvalue weighted by atomic mass is 16.5. The Hall–Kier alpha value is -0.940. The third-order valence-corrected chi connectivity index (χ3v) is 1.93. The molecule has 13 heavy (non-hydrogen) atoms. The standard InChI is InChI=1S/C8H16N4O/c1-3-12-7(4-5-13-2)10-11-8(12)6-9/h3-6,9H2,1-2H3. The molecule has 1 heterocycles. The third kappa shape index (κ3) is 2.26. The van der Waals surface area contributed by atoms with Gasteiger partial charge in [0, 0.05) is 20.1 Å². The van der Waals surface area contributed by atoms with Crippen LogP contribution >= 0.6 is 0 Å². The van der Waals surface area contributed by atoms with Crippen LogP contribution in [-0.2, 0) is 24.2 Å². The fourth-order valence-corrected chi connectivity index (χ4v) is 1.27. The molecular formula is C8H16N4O. The lowest BCUT2D eigenvalue weighted by atomic mass is 10.4. The van der Waals surface area contributed by atoms with Crippen LogP contribution in [-0.4, -0.2) is 28.5 Å². The fourth-order valence-electron chi connectivity index (χ4n) is 1.27. The summed E-state index contributed by atoms with van der Waals surface area (Å²) in [6.45, 7) is 4.02. The van der Waals surface area contributed by atoms with Crippen molar-refractivity contribution >= 4 is 0 Å². The Morgan fingerprint density at radius 3 is 2.62 bits per heavy atom. The Balaban J connectivity index is 2.75. The van der Waals surface area contributed by atoms with Crippen LogP contribution in [0.15, 0.2) is 0 Å². The second-order valence-electron chi connectivity index (χ2n) is 2.72. The highest BCUT2D eigenvalue weighted by Gasteiger charge is 2.07. The quantitative estimate of drug-likeness (QED) is 0.696. The van der Waals surface area contributed by atoms with Gasteiger partial charge in [-0.05, 0) is 6.92 Å². The first-order valence-corrected chi connectivity index (χ1v) is 4.43. The molecule has 1 aromatic rings. The minimum atomic E-state index is 0.438. The summed E-state index contributed by atoms with van der Waals surface area (Å²) in [6, 6.07) is 0. The summed E-state index contributed by atoms with van der Waals surface area (Å²) in [5.74, 6) is 1.79. The molecular weight excluding hydrogens is 168 g/mol. The van der Waals surface area contributed by atoms with E-state index in [-0.39, 0.29) is 0 Å². The Kier molecular flexibility index (Phi) is 3.85. The summed E-state index contributed by atoms with van der Waals surface area (Å²) in [5, 5.41) is 8.04. The lowest BCUT2D eigenvalue weighted by molar-refractivity contribution is 0.199. The summed E-state index contributed by atoms with van der Waals surface area (Å²) in [4.78, 5) is 0. The lowest BCUT2D eigenvalue weighted by Crippen LogP contribution is -2.11. The second kappa shape index (κ2) is 4.94. The van der Waals surface area contributed by atoms with Crippen LogP contribution in [0.4, 0.5) is 0 Å². The smallest absolute Gasteiger partial charge is 0.146 e. The first-order chi connectivity index (χ1) is 6.33. The van der Waals surface area contributed by atoms with E-state index in [0.717, 1.165) is 24.6 Å². The van der Waals surface area contributed by atoms with Crippen LogP contribution in [0, 0.1) is 0 Å². The zero-order chi connectivity index (χ0) is 9.68. The molecule has 0 atom stereocenters. The predicted molar refractivity (Wildman–Crippen MR) is 49.2 cm³/mol. The normalized spacial score (nSPS) is 10.7. The van der Waals surface area contributed by atoms with Crippen molar-refractivity contribution in [2.45, 2.75) is 26.4 Å². The van der Waals surface area contributed by atoms with Gasteiger partial charge < -0.3 is 15.0 Å². The number of rotatable bonds is 5. The highest BCUT2D eigenvalue weighted by molar-refractivity contribution is 4.95. The highest BCUT2D eigenvalue weighted by Crippen LogP contribution is 2.02. The number of hydrogen-bond donors (Lipinski definition) is 1. The Labute approximate surface area is 77.9 Å². The maximum absolute atomic E-state index is 5.51. The maximum atomic E-state index is 5.51. The summed E-state index contributed by atoms with van der Waals surface area (Å²) in [7, 11) is 1.68. The molecule has 0 spiro atoms. The van der Waals surface area contributed by atoms with Crippen molar-refractivity contribution in [2.24, 2.45) is 5.73 Å². The zero-order valence-electron chi connectivity index (χ0n) is 8.16. The van der Waals surface area contributed by atoms with Gasteiger partial charge in [-0.2, -0.15) is 0 Å². The van der Waals surface area contributed by atoms with E-state index in [2.05, 4.69) is 17.1 Å². The molecule has 0 unspecified atom stereocenters. The number of nitrogens with two attached hydrogens (primary N) is 1. The van der Waals surface area contributed by atoms with Crippen LogP contribution in [0.25, 0.3) is 0 Å².